The van der Waals surface area contributed by atoms with Crippen LogP contribution in [0, 0.1) is 11.8 Å². The lowest BCUT2D eigenvalue weighted by atomic mass is 9.86. The summed E-state index contributed by atoms with van der Waals surface area (Å²) in [5.41, 5.74) is 4.68. The summed E-state index contributed by atoms with van der Waals surface area (Å²) < 4.78 is 0. The van der Waals surface area contributed by atoms with Gasteiger partial charge in [0, 0.05) is 29.9 Å². The monoisotopic (exact) mass is 278 g/mol. The molecule has 2 aliphatic carbocycles. The van der Waals surface area contributed by atoms with Crippen LogP contribution in [0.3, 0.4) is 0 Å². The Bertz CT molecular complexity index is 709. The molecular weight excluding hydrogens is 256 g/mol. The second-order valence-electron chi connectivity index (χ2n) is 6.79. The van der Waals surface area contributed by atoms with Crippen LogP contribution in [0.15, 0.2) is 42.2 Å². The molecule has 108 valence electrons. The number of allylic oxidation sites excluding steroid dienone is 1. The average molecular weight is 278 g/mol. The Morgan fingerprint density at radius 1 is 1.10 bits per heavy atom. The Balaban J connectivity index is 1.91. The Kier molecular flexibility index (Phi) is 3.07. The van der Waals surface area contributed by atoms with Crippen LogP contribution >= 0.6 is 0 Å². The average Bonchev–Trinajstić information content (AvgIpc) is 3.07. The predicted molar refractivity (Wildman–Crippen MR) is 88.0 cm³/mol. The summed E-state index contributed by atoms with van der Waals surface area (Å²) in [6, 6.07) is 8.67. The topological polar surface area (TPSA) is 16.1 Å². The highest BCUT2D eigenvalue weighted by molar-refractivity contribution is 5.95. The van der Waals surface area contributed by atoms with Crippen molar-refractivity contribution in [1.29, 1.82) is 0 Å². The molecule has 1 fully saturated rings. The van der Waals surface area contributed by atoms with E-state index in [-0.39, 0.29) is 0 Å². The van der Waals surface area contributed by atoms with Crippen molar-refractivity contribution >= 4 is 16.3 Å². The normalized spacial score (nSPS) is 24.5. The molecule has 2 nitrogen and oxygen atoms in total. The van der Waals surface area contributed by atoms with Crippen molar-refractivity contribution in [2.75, 3.05) is 20.6 Å². The molecule has 21 heavy (non-hydrogen) atoms. The molecule has 2 heteroatoms. The van der Waals surface area contributed by atoms with Gasteiger partial charge in [-0.15, -0.1) is 0 Å². The molecule has 0 saturated heterocycles. The molecule has 1 saturated carbocycles. The maximum absolute atomic E-state index is 4.51. The predicted octanol–water partition coefficient (Wildman–Crippen LogP) is 3.98. The molecular formula is C19H22N2. The van der Waals surface area contributed by atoms with E-state index in [1.807, 2.05) is 6.20 Å². The van der Waals surface area contributed by atoms with Gasteiger partial charge in [-0.3, -0.25) is 4.98 Å². The second-order valence-corrected chi connectivity index (χ2v) is 6.79. The summed E-state index contributed by atoms with van der Waals surface area (Å²) in [6.07, 6.45) is 8.18. The fourth-order valence-electron chi connectivity index (χ4n) is 4.32. The number of aromatic nitrogens is 1. The number of rotatable bonds is 3. The van der Waals surface area contributed by atoms with Gasteiger partial charge in [-0.05, 0) is 61.7 Å². The Morgan fingerprint density at radius 3 is 2.76 bits per heavy atom. The van der Waals surface area contributed by atoms with Crippen molar-refractivity contribution in [2.24, 2.45) is 11.8 Å². The van der Waals surface area contributed by atoms with Gasteiger partial charge in [0.2, 0.25) is 0 Å². The second kappa shape index (κ2) is 4.96. The summed E-state index contributed by atoms with van der Waals surface area (Å²) in [5.74, 6) is 1.57. The molecule has 2 aliphatic rings. The molecule has 0 spiro atoms. The van der Waals surface area contributed by atoms with E-state index in [9.17, 15) is 0 Å². The number of hydrogen-bond donors (Lipinski definition) is 0. The number of fused-ring (bicyclic) bond motifs is 3. The van der Waals surface area contributed by atoms with Crippen LogP contribution in [-0.4, -0.2) is 30.5 Å². The molecule has 0 radical (unpaired) electrons. The third-order valence-corrected chi connectivity index (χ3v) is 5.12. The van der Waals surface area contributed by atoms with Crippen LogP contribution in [0.5, 0.6) is 0 Å². The quantitative estimate of drug-likeness (QED) is 0.844. The molecule has 4 rings (SSSR count). The largest absolute Gasteiger partial charge is 0.305 e. The Morgan fingerprint density at radius 2 is 1.90 bits per heavy atom. The minimum Gasteiger partial charge on any atom is -0.305 e. The van der Waals surface area contributed by atoms with Crippen LogP contribution in [0.2, 0.25) is 0 Å². The first kappa shape index (κ1) is 13.0. The molecule has 2 bridgehead atoms. The van der Waals surface area contributed by atoms with Crippen LogP contribution in [0.4, 0.5) is 0 Å². The van der Waals surface area contributed by atoms with E-state index in [4.69, 9.17) is 0 Å². The van der Waals surface area contributed by atoms with Gasteiger partial charge in [-0.2, -0.15) is 0 Å². The summed E-state index contributed by atoms with van der Waals surface area (Å²) in [6.45, 7) is 1.10. The summed E-state index contributed by atoms with van der Waals surface area (Å²) in [5, 5.41) is 2.63. The van der Waals surface area contributed by atoms with E-state index < -0.39 is 0 Å². The summed E-state index contributed by atoms with van der Waals surface area (Å²) in [4.78, 5) is 6.82. The molecule has 1 aromatic heterocycles. The van der Waals surface area contributed by atoms with Crippen LogP contribution in [0.1, 0.15) is 24.8 Å². The first-order valence-electron chi connectivity index (χ1n) is 7.95. The summed E-state index contributed by atoms with van der Waals surface area (Å²) >= 11 is 0. The van der Waals surface area contributed by atoms with Gasteiger partial charge in [-0.25, -0.2) is 0 Å². The van der Waals surface area contributed by atoms with Gasteiger partial charge in [0.25, 0.3) is 0 Å². The maximum atomic E-state index is 4.51. The zero-order chi connectivity index (χ0) is 14.4. The minimum absolute atomic E-state index is 0.762. The molecule has 1 heterocycles. The number of pyridine rings is 1. The van der Waals surface area contributed by atoms with E-state index in [0.29, 0.717) is 0 Å². The Hall–Kier alpha value is -1.67. The molecule has 2 unspecified atom stereocenters. The molecule has 2 aromatic rings. The lowest BCUT2D eigenvalue weighted by Crippen LogP contribution is -2.19. The van der Waals surface area contributed by atoms with Crippen molar-refractivity contribution in [3.8, 4) is 0 Å². The fourth-order valence-corrected chi connectivity index (χ4v) is 4.32. The minimum atomic E-state index is 0.762. The standard InChI is InChI=1S/C19H22N2/c1-21(2)12-18-13-7-8-14(9-13)19(18)17-11-20-10-15-5-3-4-6-16(15)17/h3-6,10-11,13-14H,7-9,12H2,1-2H3. The zero-order valence-corrected chi connectivity index (χ0v) is 12.8. The van der Waals surface area contributed by atoms with Crippen molar-refractivity contribution in [2.45, 2.75) is 19.3 Å². The maximum Gasteiger partial charge on any atom is 0.0349 e. The number of benzene rings is 1. The van der Waals surface area contributed by atoms with Gasteiger partial charge in [-0.1, -0.05) is 24.3 Å². The van der Waals surface area contributed by atoms with Gasteiger partial charge >= 0.3 is 0 Å². The molecule has 2 atom stereocenters. The van der Waals surface area contributed by atoms with Crippen molar-refractivity contribution in [1.82, 2.24) is 9.88 Å². The first-order chi connectivity index (χ1) is 10.2. The van der Waals surface area contributed by atoms with E-state index in [0.717, 1.165) is 18.4 Å². The Labute approximate surface area is 126 Å². The molecule has 1 aromatic carbocycles. The SMILES string of the molecule is CN(C)CC1=C(c2cncc3ccccc23)C2CCC1C2. The van der Waals surface area contributed by atoms with E-state index in [1.54, 1.807) is 11.1 Å². The third kappa shape index (κ3) is 2.09. The summed E-state index contributed by atoms with van der Waals surface area (Å²) in [7, 11) is 4.36. The molecule has 0 aliphatic heterocycles. The van der Waals surface area contributed by atoms with Crippen LogP contribution < -0.4 is 0 Å². The van der Waals surface area contributed by atoms with Crippen molar-refractivity contribution in [3.63, 3.8) is 0 Å². The lowest BCUT2D eigenvalue weighted by molar-refractivity contribution is 0.423. The number of nitrogens with zero attached hydrogens (tertiary/aromatic N) is 2. The highest BCUT2D eigenvalue weighted by Crippen LogP contribution is 2.53. The van der Waals surface area contributed by atoms with Crippen molar-refractivity contribution in [3.05, 3.63) is 47.8 Å². The van der Waals surface area contributed by atoms with E-state index in [1.165, 1.54) is 35.6 Å². The van der Waals surface area contributed by atoms with Crippen molar-refractivity contribution < 1.29 is 0 Å². The van der Waals surface area contributed by atoms with Gasteiger partial charge in [0.15, 0.2) is 0 Å². The molecule has 0 amide bonds. The van der Waals surface area contributed by atoms with Crippen LogP contribution in [-0.2, 0) is 0 Å². The van der Waals surface area contributed by atoms with Gasteiger partial charge < -0.3 is 4.90 Å². The highest BCUT2D eigenvalue weighted by Gasteiger charge is 2.39. The number of hydrogen-bond acceptors (Lipinski definition) is 2. The number of likely N-dealkylation sites (N-methyl/N-ethyl adjacent to an activating group) is 1. The van der Waals surface area contributed by atoms with Crippen LogP contribution in [0.25, 0.3) is 16.3 Å². The van der Waals surface area contributed by atoms with Gasteiger partial charge in [0.1, 0.15) is 0 Å². The fraction of sp³-hybridized carbons (Fsp3) is 0.421. The van der Waals surface area contributed by atoms with E-state index in [2.05, 4.69) is 54.4 Å². The lowest BCUT2D eigenvalue weighted by Gasteiger charge is -2.23. The van der Waals surface area contributed by atoms with E-state index >= 15 is 0 Å². The highest BCUT2D eigenvalue weighted by atomic mass is 15.1. The third-order valence-electron chi connectivity index (χ3n) is 5.12. The molecule has 0 N–H and O–H groups in total. The first-order valence-corrected chi connectivity index (χ1v) is 7.95. The van der Waals surface area contributed by atoms with Gasteiger partial charge in [0.05, 0.1) is 0 Å². The smallest absolute Gasteiger partial charge is 0.0349 e. The zero-order valence-electron chi connectivity index (χ0n) is 12.8.